The molecule has 72 valence electrons. The van der Waals surface area contributed by atoms with Crippen molar-refractivity contribution in [3.05, 3.63) is 0 Å². The Hall–Kier alpha value is 0. The topological polar surface area (TPSA) is 0 Å². The van der Waals surface area contributed by atoms with Crippen LogP contribution in [0.2, 0.25) is 0 Å². The first-order valence-corrected chi connectivity index (χ1v) is 5.29. The van der Waals surface area contributed by atoms with Crippen LogP contribution in [0.3, 0.4) is 0 Å². The molecule has 12 heavy (non-hydrogen) atoms. The van der Waals surface area contributed by atoms with Gasteiger partial charge in [-0.1, -0.05) is 34.1 Å². The van der Waals surface area contributed by atoms with E-state index in [-0.39, 0.29) is 7.43 Å². The molecule has 4 unspecified atom stereocenters. The largest absolute Gasteiger partial charge is 0.0776 e. The first-order valence-electron chi connectivity index (χ1n) is 5.29. The highest BCUT2D eigenvalue weighted by Gasteiger charge is 2.39. The number of fused-ring (bicyclic) bond motifs is 1. The molecule has 0 nitrogen and oxygen atoms in total. The highest BCUT2D eigenvalue weighted by Crippen LogP contribution is 2.48. The molecule has 0 heterocycles. The van der Waals surface area contributed by atoms with Crippen LogP contribution in [-0.4, -0.2) is 0 Å². The zero-order valence-electron chi connectivity index (χ0n) is 7.84. The lowest BCUT2D eigenvalue weighted by Crippen LogP contribution is -2.19. The van der Waals surface area contributed by atoms with Gasteiger partial charge in [0, 0.05) is 0 Å². The average Bonchev–Trinajstić information content (AvgIpc) is 2.30. The van der Waals surface area contributed by atoms with Crippen molar-refractivity contribution in [1.82, 2.24) is 0 Å². The first kappa shape index (κ1) is 10.1. The summed E-state index contributed by atoms with van der Waals surface area (Å²) in [6.07, 6.45) is 7.61. The van der Waals surface area contributed by atoms with E-state index >= 15 is 0 Å². The van der Waals surface area contributed by atoms with E-state index in [1.165, 1.54) is 32.1 Å². The summed E-state index contributed by atoms with van der Waals surface area (Å²) < 4.78 is 0. The van der Waals surface area contributed by atoms with Gasteiger partial charge in [-0.15, -0.1) is 0 Å². The van der Waals surface area contributed by atoms with Crippen LogP contribution < -0.4 is 0 Å². The van der Waals surface area contributed by atoms with Gasteiger partial charge in [-0.25, -0.2) is 0 Å². The van der Waals surface area contributed by atoms with Crippen LogP contribution in [0.4, 0.5) is 0 Å². The molecule has 2 fully saturated rings. The fourth-order valence-electron chi connectivity index (χ4n) is 3.54. The molecule has 0 aromatic rings. The molecule has 0 aromatic heterocycles. The molecule has 0 spiro atoms. The number of hydrogen-bond acceptors (Lipinski definition) is 0. The van der Waals surface area contributed by atoms with Gasteiger partial charge in [-0.3, -0.25) is 0 Å². The minimum absolute atomic E-state index is 0. The minimum Gasteiger partial charge on any atom is -0.0776 e. The third-order valence-corrected chi connectivity index (χ3v) is 4.08. The van der Waals surface area contributed by atoms with Crippen molar-refractivity contribution in [3.63, 3.8) is 0 Å². The molecule has 0 aliphatic heterocycles. The summed E-state index contributed by atoms with van der Waals surface area (Å²) in [5, 5.41) is 0. The molecular weight excluding hydrogens is 144 g/mol. The quantitative estimate of drug-likeness (QED) is 0.511. The van der Waals surface area contributed by atoms with Gasteiger partial charge in [0.25, 0.3) is 0 Å². The molecule has 0 aromatic carbocycles. The molecule has 0 amide bonds. The summed E-state index contributed by atoms with van der Waals surface area (Å²) in [5.41, 5.74) is 0. The van der Waals surface area contributed by atoms with Gasteiger partial charge in [-0.2, -0.15) is 0 Å². The van der Waals surface area contributed by atoms with E-state index in [4.69, 9.17) is 0 Å². The van der Waals surface area contributed by atoms with Gasteiger partial charge >= 0.3 is 0 Å². The minimum atomic E-state index is 0. The highest BCUT2D eigenvalue weighted by atomic mass is 14.4. The standard InChI is InChI=1S/C11H20.CH4/c1-8-7-9(2)11-6-4-3-5-10(8)11;/h8-11H,3-7H2,1-2H3;1H4. The van der Waals surface area contributed by atoms with E-state index in [0.717, 1.165) is 23.7 Å². The lowest BCUT2D eigenvalue weighted by molar-refractivity contribution is 0.214. The number of hydrogen-bond donors (Lipinski definition) is 0. The lowest BCUT2D eigenvalue weighted by atomic mass is 9.77. The molecule has 0 N–H and O–H groups in total. The molecule has 0 radical (unpaired) electrons. The zero-order valence-corrected chi connectivity index (χ0v) is 7.84. The second kappa shape index (κ2) is 3.81. The van der Waals surface area contributed by atoms with Crippen LogP contribution >= 0.6 is 0 Å². The Morgan fingerprint density at radius 1 is 0.833 bits per heavy atom. The Labute approximate surface area is 77.7 Å². The molecule has 2 rings (SSSR count). The van der Waals surface area contributed by atoms with E-state index in [2.05, 4.69) is 13.8 Å². The van der Waals surface area contributed by atoms with Gasteiger partial charge in [0.1, 0.15) is 0 Å². The van der Waals surface area contributed by atoms with E-state index in [1.807, 2.05) is 0 Å². The van der Waals surface area contributed by atoms with E-state index < -0.39 is 0 Å². The summed E-state index contributed by atoms with van der Waals surface area (Å²) in [5.74, 6) is 4.29. The Morgan fingerprint density at radius 3 is 1.67 bits per heavy atom. The van der Waals surface area contributed by atoms with Crippen molar-refractivity contribution >= 4 is 0 Å². The smallest absolute Gasteiger partial charge is 0.0357 e. The Bertz CT molecular complexity index is 123. The molecule has 0 saturated heterocycles. The van der Waals surface area contributed by atoms with Crippen molar-refractivity contribution in [2.24, 2.45) is 23.7 Å². The third kappa shape index (κ3) is 1.53. The molecular formula is C12H24. The van der Waals surface area contributed by atoms with Crippen molar-refractivity contribution in [1.29, 1.82) is 0 Å². The highest BCUT2D eigenvalue weighted by molar-refractivity contribution is 4.89. The summed E-state index contributed by atoms with van der Waals surface area (Å²) >= 11 is 0. The van der Waals surface area contributed by atoms with Crippen LogP contribution in [0, 0.1) is 23.7 Å². The average molecular weight is 168 g/mol. The first-order chi connectivity index (χ1) is 5.29. The summed E-state index contributed by atoms with van der Waals surface area (Å²) in [4.78, 5) is 0. The fraction of sp³-hybridized carbons (Fsp3) is 1.00. The summed E-state index contributed by atoms with van der Waals surface area (Å²) in [6.45, 7) is 4.93. The van der Waals surface area contributed by atoms with Crippen LogP contribution in [0.25, 0.3) is 0 Å². The predicted octanol–water partition coefficient (Wildman–Crippen LogP) is 4.10. The monoisotopic (exact) mass is 168 g/mol. The van der Waals surface area contributed by atoms with Crippen molar-refractivity contribution in [3.8, 4) is 0 Å². The fourth-order valence-corrected chi connectivity index (χ4v) is 3.54. The third-order valence-electron chi connectivity index (χ3n) is 4.08. The molecule has 2 aliphatic rings. The molecule has 4 atom stereocenters. The molecule has 0 bridgehead atoms. The SMILES string of the molecule is C.CC1CC(C)C2CCCCC12. The summed E-state index contributed by atoms with van der Waals surface area (Å²) in [7, 11) is 0. The van der Waals surface area contributed by atoms with Gasteiger partial charge in [0.15, 0.2) is 0 Å². The predicted molar refractivity (Wildman–Crippen MR) is 55.1 cm³/mol. The van der Waals surface area contributed by atoms with Crippen molar-refractivity contribution < 1.29 is 0 Å². The van der Waals surface area contributed by atoms with Gasteiger partial charge < -0.3 is 0 Å². The van der Waals surface area contributed by atoms with E-state index in [0.29, 0.717) is 0 Å². The Morgan fingerprint density at radius 2 is 1.25 bits per heavy atom. The Kier molecular flexibility index (Phi) is 3.20. The normalized spacial score (nSPS) is 46.5. The van der Waals surface area contributed by atoms with Crippen LogP contribution in [0.5, 0.6) is 0 Å². The Balaban J connectivity index is 0.000000720. The van der Waals surface area contributed by atoms with Crippen LogP contribution in [0.15, 0.2) is 0 Å². The second-order valence-corrected chi connectivity index (χ2v) is 4.80. The zero-order chi connectivity index (χ0) is 7.84. The molecule has 2 aliphatic carbocycles. The van der Waals surface area contributed by atoms with Gasteiger partial charge in [0.05, 0.1) is 0 Å². The maximum Gasteiger partial charge on any atom is -0.0357 e. The molecule has 2 saturated carbocycles. The van der Waals surface area contributed by atoms with E-state index in [9.17, 15) is 0 Å². The van der Waals surface area contributed by atoms with E-state index in [1.54, 1.807) is 0 Å². The van der Waals surface area contributed by atoms with Crippen LogP contribution in [0.1, 0.15) is 53.4 Å². The van der Waals surface area contributed by atoms with Crippen LogP contribution in [-0.2, 0) is 0 Å². The lowest BCUT2D eigenvalue weighted by Gasteiger charge is -2.29. The van der Waals surface area contributed by atoms with Crippen molar-refractivity contribution in [2.45, 2.75) is 53.4 Å². The molecule has 0 heteroatoms. The van der Waals surface area contributed by atoms with Crippen molar-refractivity contribution in [2.75, 3.05) is 0 Å². The van der Waals surface area contributed by atoms with Gasteiger partial charge in [0.2, 0.25) is 0 Å². The van der Waals surface area contributed by atoms with Gasteiger partial charge in [-0.05, 0) is 42.9 Å². The maximum atomic E-state index is 2.46. The number of rotatable bonds is 0. The second-order valence-electron chi connectivity index (χ2n) is 4.80. The summed E-state index contributed by atoms with van der Waals surface area (Å²) in [6, 6.07) is 0. The maximum absolute atomic E-state index is 2.46.